The molecule has 0 saturated carbocycles. The first-order chi connectivity index (χ1) is 12.6. The van der Waals surface area contributed by atoms with Crippen LogP contribution in [-0.2, 0) is 18.9 Å². The third-order valence-corrected chi connectivity index (χ3v) is 5.56. The van der Waals surface area contributed by atoms with Crippen molar-refractivity contribution in [1.29, 1.82) is 0 Å². The molecular formula is C20H22ClN3OS. The Labute approximate surface area is 163 Å². The maximum atomic E-state index is 6.24. The van der Waals surface area contributed by atoms with Gasteiger partial charge in [0.2, 0.25) is 0 Å². The minimum Gasteiger partial charge on any atom is -0.485 e. The fraction of sp³-hybridized carbons (Fsp3) is 0.300. The first-order valence-electron chi connectivity index (χ1n) is 8.57. The van der Waals surface area contributed by atoms with Crippen LogP contribution in [0.2, 0.25) is 5.02 Å². The van der Waals surface area contributed by atoms with Crippen LogP contribution in [-0.4, -0.2) is 14.8 Å². The molecule has 3 aromatic rings. The minimum atomic E-state index is 0.402. The van der Waals surface area contributed by atoms with E-state index >= 15 is 0 Å². The van der Waals surface area contributed by atoms with Gasteiger partial charge in [-0.05, 0) is 43.5 Å². The Morgan fingerprint density at radius 2 is 1.77 bits per heavy atom. The van der Waals surface area contributed by atoms with Crippen molar-refractivity contribution in [1.82, 2.24) is 14.8 Å². The van der Waals surface area contributed by atoms with Crippen molar-refractivity contribution in [3.63, 3.8) is 0 Å². The molecule has 1 heterocycles. The van der Waals surface area contributed by atoms with E-state index in [1.54, 1.807) is 11.8 Å². The summed E-state index contributed by atoms with van der Waals surface area (Å²) < 4.78 is 8.13. The van der Waals surface area contributed by atoms with Gasteiger partial charge in [-0.15, -0.1) is 10.2 Å². The van der Waals surface area contributed by atoms with Crippen molar-refractivity contribution < 1.29 is 4.74 Å². The van der Waals surface area contributed by atoms with Gasteiger partial charge >= 0.3 is 0 Å². The van der Waals surface area contributed by atoms with Gasteiger partial charge in [0, 0.05) is 17.3 Å². The largest absolute Gasteiger partial charge is 0.485 e. The predicted molar refractivity (Wildman–Crippen MR) is 107 cm³/mol. The van der Waals surface area contributed by atoms with Gasteiger partial charge in [-0.2, -0.15) is 0 Å². The van der Waals surface area contributed by atoms with E-state index in [-0.39, 0.29) is 0 Å². The Kier molecular flexibility index (Phi) is 6.22. The topological polar surface area (TPSA) is 39.9 Å². The van der Waals surface area contributed by atoms with E-state index in [9.17, 15) is 0 Å². The van der Waals surface area contributed by atoms with E-state index in [1.807, 2.05) is 30.3 Å². The summed E-state index contributed by atoms with van der Waals surface area (Å²) in [4.78, 5) is 0. The van der Waals surface area contributed by atoms with Crippen LogP contribution in [0.3, 0.4) is 0 Å². The molecule has 0 saturated heterocycles. The fourth-order valence-corrected chi connectivity index (χ4v) is 4.08. The second-order valence-corrected chi connectivity index (χ2v) is 7.38. The number of benzene rings is 2. The predicted octanol–water partition coefficient (Wildman–Crippen LogP) is 5.44. The van der Waals surface area contributed by atoms with E-state index in [0.29, 0.717) is 6.61 Å². The SMILES string of the molecule is CCn1c(COc2c(C)cccc2C)nnc1SCc1ccccc1Cl. The summed E-state index contributed by atoms with van der Waals surface area (Å²) in [6.07, 6.45) is 0. The van der Waals surface area contributed by atoms with Crippen molar-refractivity contribution in [2.45, 2.75) is 44.8 Å². The van der Waals surface area contributed by atoms with Crippen LogP contribution < -0.4 is 4.74 Å². The second-order valence-electron chi connectivity index (χ2n) is 6.03. The molecule has 1 aromatic heterocycles. The highest BCUT2D eigenvalue weighted by Crippen LogP contribution is 2.27. The molecule has 0 N–H and O–H groups in total. The van der Waals surface area contributed by atoms with E-state index in [1.165, 1.54) is 0 Å². The molecule has 2 aromatic carbocycles. The molecule has 4 nitrogen and oxygen atoms in total. The summed E-state index contributed by atoms with van der Waals surface area (Å²) in [6.45, 7) is 7.39. The molecule has 0 spiro atoms. The van der Waals surface area contributed by atoms with E-state index < -0.39 is 0 Å². The summed E-state index contributed by atoms with van der Waals surface area (Å²) in [6, 6.07) is 14.0. The highest BCUT2D eigenvalue weighted by molar-refractivity contribution is 7.98. The van der Waals surface area contributed by atoms with Gasteiger partial charge in [-0.3, -0.25) is 0 Å². The number of hydrogen-bond acceptors (Lipinski definition) is 4. The van der Waals surface area contributed by atoms with E-state index in [0.717, 1.165) is 50.7 Å². The lowest BCUT2D eigenvalue weighted by molar-refractivity contribution is 0.284. The van der Waals surface area contributed by atoms with Crippen LogP contribution in [0.4, 0.5) is 0 Å². The third kappa shape index (κ3) is 4.22. The van der Waals surface area contributed by atoms with Crippen LogP contribution in [0, 0.1) is 13.8 Å². The molecule has 6 heteroatoms. The van der Waals surface area contributed by atoms with E-state index in [2.05, 4.69) is 47.7 Å². The Morgan fingerprint density at radius 1 is 1.04 bits per heavy atom. The van der Waals surface area contributed by atoms with Crippen molar-refractivity contribution >= 4 is 23.4 Å². The number of aryl methyl sites for hydroxylation is 2. The lowest BCUT2D eigenvalue weighted by atomic mass is 10.1. The number of rotatable bonds is 7. The number of thioether (sulfide) groups is 1. The summed E-state index contributed by atoms with van der Waals surface area (Å²) in [7, 11) is 0. The molecule has 136 valence electrons. The quantitative estimate of drug-likeness (QED) is 0.506. The van der Waals surface area contributed by atoms with Crippen LogP contribution in [0.1, 0.15) is 29.4 Å². The Hall–Kier alpha value is -1.98. The van der Waals surface area contributed by atoms with Crippen LogP contribution in [0.15, 0.2) is 47.6 Å². The highest BCUT2D eigenvalue weighted by Gasteiger charge is 2.14. The van der Waals surface area contributed by atoms with Crippen LogP contribution >= 0.6 is 23.4 Å². The summed E-state index contributed by atoms with van der Waals surface area (Å²) in [5, 5.41) is 10.3. The molecule has 0 aliphatic rings. The van der Waals surface area contributed by atoms with Crippen molar-refractivity contribution in [2.75, 3.05) is 0 Å². The summed E-state index contributed by atoms with van der Waals surface area (Å²) in [5.74, 6) is 2.51. The number of para-hydroxylation sites is 1. The zero-order chi connectivity index (χ0) is 18.5. The van der Waals surface area contributed by atoms with Crippen LogP contribution in [0.5, 0.6) is 5.75 Å². The molecule has 0 bridgehead atoms. The molecular weight excluding hydrogens is 366 g/mol. The summed E-state index contributed by atoms with van der Waals surface area (Å²) >= 11 is 7.88. The molecule has 0 amide bonds. The van der Waals surface area contributed by atoms with Gasteiger partial charge in [-0.1, -0.05) is 59.8 Å². The Morgan fingerprint density at radius 3 is 2.46 bits per heavy atom. The molecule has 0 fully saturated rings. The Balaban J connectivity index is 1.71. The van der Waals surface area contributed by atoms with E-state index in [4.69, 9.17) is 16.3 Å². The molecule has 0 aliphatic heterocycles. The van der Waals surface area contributed by atoms with Gasteiger partial charge in [0.05, 0.1) is 0 Å². The minimum absolute atomic E-state index is 0.402. The molecule has 3 rings (SSSR count). The van der Waals surface area contributed by atoms with Gasteiger partial charge in [0.1, 0.15) is 12.4 Å². The lowest BCUT2D eigenvalue weighted by Gasteiger charge is -2.12. The van der Waals surface area contributed by atoms with Gasteiger partial charge < -0.3 is 9.30 Å². The number of aromatic nitrogens is 3. The molecule has 26 heavy (non-hydrogen) atoms. The van der Waals surface area contributed by atoms with Crippen molar-refractivity contribution in [3.8, 4) is 5.75 Å². The number of nitrogens with zero attached hydrogens (tertiary/aromatic N) is 3. The first kappa shape index (κ1) is 18.8. The third-order valence-electron chi connectivity index (χ3n) is 4.18. The normalized spacial score (nSPS) is 10.9. The maximum absolute atomic E-state index is 6.24. The average molecular weight is 388 g/mol. The van der Waals surface area contributed by atoms with Crippen LogP contribution in [0.25, 0.3) is 0 Å². The maximum Gasteiger partial charge on any atom is 0.191 e. The van der Waals surface area contributed by atoms with Crippen molar-refractivity contribution in [2.24, 2.45) is 0 Å². The molecule has 0 unspecified atom stereocenters. The molecule has 0 aliphatic carbocycles. The second kappa shape index (κ2) is 8.60. The fourth-order valence-electron chi connectivity index (χ4n) is 2.77. The molecule has 0 atom stereocenters. The van der Waals surface area contributed by atoms with Gasteiger partial charge in [-0.25, -0.2) is 0 Å². The standard InChI is InChI=1S/C20H22ClN3OS/c1-4-24-18(12-25-19-14(2)8-7-9-15(19)3)22-23-20(24)26-13-16-10-5-6-11-17(16)21/h5-11H,4,12-13H2,1-3H3. The smallest absolute Gasteiger partial charge is 0.191 e. The van der Waals surface area contributed by atoms with Gasteiger partial charge in [0.25, 0.3) is 0 Å². The monoisotopic (exact) mass is 387 g/mol. The van der Waals surface area contributed by atoms with Gasteiger partial charge in [0.15, 0.2) is 11.0 Å². The highest BCUT2D eigenvalue weighted by atomic mass is 35.5. The van der Waals surface area contributed by atoms with Crippen molar-refractivity contribution in [3.05, 3.63) is 70.0 Å². The average Bonchev–Trinajstić information content (AvgIpc) is 3.02. The number of hydrogen-bond donors (Lipinski definition) is 0. The zero-order valence-electron chi connectivity index (χ0n) is 15.2. The number of ether oxygens (including phenoxy) is 1. The summed E-state index contributed by atoms with van der Waals surface area (Å²) in [5.41, 5.74) is 3.35. The first-order valence-corrected chi connectivity index (χ1v) is 9.93. The molecule has 0 radical (unpaired) electrons. The lowest BCUT2D eigenvalue weighted by Crippen LogP contribution is -2.08. The number of halogens is 1. The zero-order valence-corrected chi connectivity index (χ0v) is 16.8. The Bertz CT molecular complexity index is 874.